The number of nitrogens with zero attached hydrogens (tertiary/aromatic N) is 1. The van der Waals surface area contributed by atoms with E-state index < -0.39 is 17.7 Å². The molecule has 1 atom stereocenters. The number of anilines is 1. The number of hydrogen-bond donors (Lipinski definition) is 2. The summed E-state index contributed by atoms with van der Waals surface area (Å²) < 4.78 is 5.48. The van der Waals surface area contributed by atoms with Gasteiger partial charge < -0.3 is 14.9 Å². The van der Waals surface area contributed by atoms with Gasteiger partial charge in [0.25, 0.3) is 11.7 Å². The van der Waals surface area contributed by atoms with Crippen molar-refractivity contribution in [2.75, 3.05) is 12.0 Å². The van der Waals surface area contributed by atoms with E-state index in [2.05, 4.69) is 0 Å². The molecule has 1 heterocycles. The van der Waals surface area contributed by atoms with Gasteiger partial charge in [-0.2, -0.15) is 0 Å². The predicted molar refractivity (Wildman–Crippen MR) is 141 cm³/mol. The van der Waals surface area contributed by atoms with Gasteiger partial charge in [-0.3, -0.25) is 14.5 Å². The van der Waals surface area contributed by atoms with Crippen molar-refractivity contribution in [2.45, 2.75) is 32.2 Å². The molecule has 0 aromatic heterocycles. The summed E-state index contributed by atoms with van der Waals surface area (Å²) >= 11 is 12.4. The van der Waals surface area contributed by atoms with Gasteiger partial charge in [0.05, 0.1) is 29.3 Å². The van der Waals surface area contributed by atoms with Crippen LogP contribution in [0.2, 0.25) is 10.0 Å². The first kappa shape index (κ1) is 25.6. The molecule has 0 spiro atoms. The molecular formula is C28H25Cl2NO5. The molecule has 0 aliphatic carbocycles. The van der Waals surface area contributed by atoms with Crippen LogP contribution >= 0.6 is 23.2 Å². The zero-order valence-electron chi connectivity index (χ0n) is 20.2. The molecule has 1 unspecified atom stereocenters. The Morgan fingerprint density at radius 2 is 1.72 bits per heavy atom. The van der Waals surface area contributed by atoms with Gasteiger partial charge in [0.15, 0.2) is 0 Å². The highest BCUT2D eigenvalue weighted by Crippen LogP contribution is 2.45. The number of amides is 1. The molecule has 1 aliphatic heterocycles. The van der Waals surface area contributed by atoms with E-state index in [1.807, 2.05) is 26.8 Å². The first-order valence-electron chi connectivity index (χ1n) is 11.2. The number of phenolic OH excluding ortho intramolecular Hbond substituents is 1. The maximum atomic E-state index is 13.4. The van der Waals surface area contributed by atoms with Crippen molar-refractivity contribution in [1.82, 2.24) is 0 Å². The number of rotatable bonds is 4. The molecule has 3 aromatic carbocycles. The van der Waals surface area contributed by atoms with Crippen molar-refractivity contribution in [3.8, 4) is 11.5 Å². The Balaban J connectivity index is 2.02. The topological polar surface area (TPSA) is 87.1 Å². The van der Waals surface area contributed by atoms with Gasteiger partial charge in [-0.25, -0.2) is 0 Å². The normalized spacial score (nSPS) is 17.5. The Hall–Kier alpha value is -3.48. The Labute approximate surface area is 219 Å². The number of methoxy groups -OCH3 is 1. The molecule has 6 nitrogen and oxygen atoms in total. The summed E-state index contributed by atoms with van der Waals surface area (Å²) in [7, 11) is 1.46. The van der Waals surface area contributed by atoms with E-state index in [0.717, 1.165) is 5.56 Å². The molecule has 0 saturated carbocycles. The minimum Gasteiger partial charge on any atom is -0.507 e. The fraction of sp³-hybridized carbons (Fsp3) is 0.214. The van der Waals surface area contributed by atoms with E-state index >= 15 is 0 Å². The highest BCUT2D eigenvalue weighted by Gasteiger charge is 2.47. The number of ketones is 1. The molecule has 8 heteroatoms. The molecule has 2 N–H and O–H groups in total. The lowest BCUT2D eigenvalue weighted by Gasteiger charge is -2.26. The summed E-state index contributed by atoms with van der Waals surface area (Å²) in [6.07, 6.45) is 0. The lowest BCUT2D eigenvalue weighted by atomic mass is 9.85. The second-order valence-electron chi connectivity index (χ2n) is 9.52. The largest absolute Gasteiger partial charge is 0.507 e. The monoisotopic (exact) mass is 525 g/mol. The molecule has 1 saturated heterocycles. The van der Waals surface area contributed by atoms with Crippen LogP contribution in [0, 0.1) is 0 Å². The second kappa shape index (κ2) is 9.52. The third-order valence-electron chi connectivity index (χ3n) is 6.14. The zero-order valence-corrected chi connectivity index (χ0v) is 21.7. The minimum absolute atomic E-state index is 0.0384. The number of benzene rings is 3. The summed E-state index contributed by atoms with van der Waals surface area (Å²) in [4.78, 5) is 28.1. The smallest absolute Gasteiger partial charge is 0.300 e. The van der Waals surface area contributed by atoms with Gasteiger partial charge in [-0.05, 0) is 59.0 Å². The number of Topliss-reactive ketones (excluding diaryl/α,β-unsaturated/α-hetero) is 1. The summed E-state index contributed by atoms with van der Waals surface area (Å²) in [5.41, 5.74) is 1.59. The molecule has 0 radical (unpaired) electrons. The molecule has 3 aromatic rings. The number of aliphatic hydroxyl groups excluding tert-OH is 1. The van der Waals surface area contributed by atoms with E-state index in [0.29, 0.717) is 22.0 Å². The van der Waals surface area contributed by atoms with Crippen LogP contribution in [0.1, 0.15) is 43.5 Å². The number of phenols is 1. The number of aliphatic hydroxyl groups is 1. The fourth-order valence-electron chi connectivity index (χ4n) is 4.24. The van der Waals surface area contributed by atoms with Gasteiger partial charge in [0.1, 0.15) is 17.3 Å². The van der Waals surface area contributed by atoms with Crippen LogP contribution in [0.4, 0.5) is 5.69 Å². The van der Waals surface area contributed by atoms with Crippen LogP contribution in [0.25, 0.3) is 5.76 Å². The molecule has 1 aliphatic rings. The Morgan fingerprint density at radius 1 is 1.00 bits per heavy atom. The molecule has 1 fully saturated rings. The minimum atomic E-state index is -1.04. The van der Waals surface area contributed by atoms with Crippen molar-refractivity contribution >= 4 is 46.3 Å². The van der Waals surface area contributed by atoms with E-state index in [-0.39, 0.29) is 33.1 Å². The van der Waals surface area contributed by atoms with E-state index in [4.69, 9.17) is 27.9 Å². The lowest BCUT2D eigenvalue weighted by Crippen LogP contribution is -2.29. The van der Waals surface area contributed by atoms with Crippen molar-refractivity contribution < 1.29 is 24.5 Å². The average Bonchev–Trinajstić information content (AvgIpc) is 3.09. The lowest BCUT2D eigenvalue weighted by molar-refractivity contribution is -0.132. The fourth-order valence-corrected chi connectivity index (χ4v) is 4.61. The highest BCUT2D eigenvalue weighted by atomic mass is 35.5. The number of ether oxygens (including phenoxy) is 1. The van der Waals surface area contributed by atoms with Gasteiger partial charge in [0.2, 0.25) is 0 Å². The van der Waals surface area contributed by atoms with Gasteiger partial charge in [0, 0.05) is 10.7 Å². The number of carbonyl (C=O) groups is 2. The molecular weight excluding hydrogens is 501 g/mol. The van der Waals surface area contributed by atoms with Gasteiger partial charge >= 0.3 is 0 Å². The summed E-state index contributed by atoms with van der Waals surface area (Å²) in [5.74, 6) is -1.89. The zero-order chi connectivity index (χ0) is 26.4. The number of aromatic hydroxyl groups is 1. The quantitative estimate of drug-likeness (QED) is 0.226. The average molecular weight is 526 g/mol. The van der Waals surface area contributed by atoms with E-state index in [9.17, 15) is 19.8 Å². The van der Waals surface area contributed by atoms with E-state index in [1.54, 1.807) is 42.5 Å². The molecule has 0 bridgehead atoms. The standard InChI is InChI=1S/C28H25Cl2NO5/c1-28(2,3)16-9-11-22(36-4)19(13-16)25(33)23-24(15-8-10-21(32)20(30)12-15)31(27(35)26(23)34)18-7-5-6-17(29)14-18/h5-14,24,32-33H,1-4H3/b25-23+. The van der Waals surface area contributed by atoms with Crippen LogP contribution < -0.4 is 9.64 Å². The Bertz CT molecular complexity index is 1410. The van der Waals surface area contributed by atoms with E-state index in [1.165, 1.54) is 24.1 Å². The third kappa shape index (κ3) is 4.54. The third-order valence-corrected chi connectivity index (χ3v) is 6.68. The van der Waals surface area contributed by atoms with Crippen molar-refractivity contribution in [3.05, 3.63) is 93.0 Å². The number of halogens is 2. The summed E-state index contributed by atoms with van der Waals surface area (Å²) in [6, 6.07) is 15.2. The van der Waals surface area contributed by atoms with Gasteiger partial charge in [-0.15, -0.1) is 0 Å². The Kier molecular flexibility index (Phi) is 6.78. The maximum Gasteiger partial charge on any atom is 0.300 e. The van der Waals surface area contributed by atoms with Crippen LogP contribution in [-0.4, -0.2) is 29.0 Å². The van der Waals surface area contributed by atoms with Crippen LogP contribution in [0.3, 0.4) is 0 Å². The number of carbonyl (C=O) groups excluding carboxylic acids is 2. The second-order valence-corrected chi connectivity index (χ2v) is 10.4. The molecule has 36 heavy (non-hydrogen) atoms. The molecule has 1 amide bonds. The van der Waals surface area contributed by atoms with Crippen LogP contribution in [0.5, 0.6) is 11.5 Å². The number of hydrogen-bond acceptors (Lipinski definition) is 5. The summed E-state index contributed by atoms with van der Waals surface area (Å²) in [5, 5.41) is 22.0. The van der Waals surface area contributed by atoms with Crippen molar-refractivity contribution in [3.63, 3.8) is 0 Å². The SMILES string of the molecule is COc1ccc(C(C)(C)C)cc1/C(O)=C1\C(=O)C(=O)N(c2cccc(Cl)c2)C1c1ccc(O)c(Cl)c1. The molecule has 4 rings (SSSR count). The van der Waals surface area contributed by atoms with Crippen LogP contribution in [-0.2, 0) is 15.0 Å². The molecule has 186 valence electrons. The maximum absolute atomic E-state index is 13.4. The van der Waals surface area contributed by atoms with Gasteiger partial charge in [-0.1, -0.05) is 62.2 Å². The predicted octanol–water partition coefficient (Wildman–Crippen LogP) is 6.63. The van der Waals surface area contributed by atoms with Crippen molar-refractivity contribution in [2.24, 2.45) is 0 Å². The summed E-state index contributed by atoms with van der Waals surface area (Å²) in [6.45, 7) is 6.07. The first-order chi connectivity index (χ1) is 16.9. The van der Waals surface area contributed by atoms with Crippen molar-refractivity contribution in [1.29, 1.82) is 0 Å². The Morgan fingerprint density at radius 3 is 2.33 bits per heavy atom. The highest BCUT2D eigenvalue weighted by molar-refractivity contribution is 6.52. The first-order valence-corrected chi connectivity index (χ1v) is 11.9. The van der Waals surface area contributed by atoms with Crippen LogP contribution in [0.15, 0.2) is 66.2 Å².